The van der Waals surface area contributed by atoms with Gasteiger partial charge in [-0.15, -0.1) is 0 Å². The third-order valence-corrected chi connectivity index (χ3v) is 6.64. The molecule has 3 nitrogen and oxygen atoms in total. The number of halogens is 1. The van der Waals surface area contributed by atoms with Crippen molar-refractivity contribution < 1.29 is 4.39 Å². The molecule has 3 saturated carbocycles. The average molecular weight is 357 g/mol. The summed E-state index contributed by atoms with van der Waals surface area (Å²) in [6.07, 6.45) is 7.07. The highest BCUT2D eigenvalue weighted by Gasteiger charge is 2.87. The minimum atomic E-state index is -0.973. The first-order valence-corrected chi connectivity index (χ1v) is 9.79. The van der Waals surface area contributed by atoms with Crippen molar-refractivity contribution in [2.75, 3.05) is 11.4 Å². The van der Waals surface area contributed by atoms with E-state index < -0.39 is 5.67 Å². The van der Waals surface area contributed by atoms with Gasteiger partial charge in [0.15, 0.2) is 0 Å². The van der Waals surface area contributed by atoms with Crippen LogP contribution in [0.5, 0.6) is 0 Å². The highest BCUT2D eigenvalue weighted by atomic mass is 32.2. The lowest BCUT2D eigenvalue weighted by Gasteiger charge is -2.27. The molecule has 1 aromatic carbocycles. The highest BCUT2D eigenvalue weighted by Crippen LogP contribution is 2.84. The SMILES string of the molecule is C=C(N(CC)c1cccc(/C(C=N)=C/NSC2CC2)c1)C12CC1(F)C2. The fourth-order valence-electron chi connectivity index (χ4n) is 3.51. The number of anilines is 1. The molecule has 0 aliphatic heterocycles. The monoisotopic (exact) mass is 357 g/mol. The van der Waals surface area contributed by atoms with E-state index in [1.807, 2.05) is 24.4 Å². The van der Waals surface area contributed by atoms with Crippen LogP contribution in [0.25, 0.3) is 5.57 Å². The van der Waals surface area contributed by atoms with Crippen LogP contribution in [0.1, 0.15) is 38.2 Å². The van der Waals surface area contributed by atoms with Crippen LogP contribution >= 0.6 is 11.9 Å². The summed E-state index contributed by atoms with van der Waals surface area (Å²) in [7, 11) is 0. The van der Waals surface area contributed by atoms with Crippen molar-refractivity contribution in [1.29, 1.82) is 5.41 Å². The molecule has 0 amide bonds. The van der Waals surface area contributed by atoms with Crippen molar-refractivity contribution in [1.82, 2.24) is 4.72 Å². The zero-order valence-corrected chi connectivity index (χ0v) is 15.3. The third-order valence-electron chi connectivity index (χ3n) is 5.59. The van der Waals surface area contributed by atoms with Gasteiger partial charge in [-0.05, 0) is 62.3 Å². The van der Waals surface area contributed by atoms with E-state index >= 15 is 0 Å². The number of fused-ring (bicyclic) bond motifs is 1. The van der Waals surface area contributed by atoms with Crippen molar-refractivity contribution >= 4 is 29.4 Å². The Morgan fingerprint density at radius 1 is 1.48 bits per heavy atom. The number of benzene rings is 1. The zero-order chi connectivity index (χ0) is 17.7. The predicted molar refractivity (Wildman–Crippen MR) is 105 cm³/mol. The van der Waals surface area contributed by atoms with Crippen LogP contribution in [0, 0.1) is 10.8 Å². The smallest absolute Gasteiger partial charge is 0.124 e. The molecule has 0 heterocycles. The van der Waals surface area contributed by atoms with Crippen LogP contribution in [0.2, 0.25) is 0 Å². The minimum absolute atomic E-state index is 0.290. The lowest BCUT2D eigenvalue weighted by molar-refractivity contribution is 0.390. The standard InChI is InChI=1S/C20H24FN3S/c1-3-24(14(2)19-12-20(19,21)13-19)17-6-4-5-15(9-17)16(10-22)11-23-25-18-7-8-18/h4-6,9-11,18,22-23H,2-3,7-8,12-13H2,1H3/b16-11+,22-10?. The van der Waals surface area contributed by atoms with Gasteiger partial charge in [0.2, 0.25) is 0 Å². The first-order valence-electron chi connectivity index (χ1n) is 8.91. The van der Waals surface area contributed by atoms with E-state index in [4.69, 9.17) is 5.41 Å². The second kappa shape index (κ2) is 5.90. The predicted octanol–water partition coefficient (Wildman–Crippen LogP) is 4.92. The Bertz CT molecular complexity index is 747. The lowest BCUT2D eigenvalue weighted by Crippen LogP contribution is -2.24. The van der Waals surface area contributed by atoms with E-state index in [9.17, 15) is 4.39 Å². The summed E-state index contributed by atoms with van der Waals surface area (Å²) < 4.78 is 17.4. The van der Waals surface area contributed by atoms with Crippen LogP contribution in [0.4, 0.5) is 10.1 Å². The molecule has 25 heavy (non-hydrogen) atoms. The Kier molecular flexibility index (Phi) is 3.95. The largest absolute Gasteiger partial charge is 0.345 e. The van der Waals surface area contributed by atoms with Crippen LogP contribution in [0.15, 0.2) is 42.7 Å². The number of nitrogens with one attached hydrogen (secondary N) is 2. The van der Waals surface area contributed by atoms with E-state index in [2.05, 4.69) is 29.2 Å². The third kappa shape index (κ3) is 2.88. The molecular weight excluding hydrogens is 333 g/mol. The number of hydrogen-bond acceptors (Lipinski definition) is 4. The van der Waals surface area contributed by atoms with E-state index in [-0.39, 0.29) is 5.41 Å². The summed E-state index contributed by atoms with van der Waals surface area (Å²) in [5, 5.41) is 8.44. The zero-order valence-electron chi connectivity index (χ0n) is 14.5. The molecule has 0 saturated heterocycles. The molecule has 0 radical (unpaired) electrons. The molecule has 0 bridgehead atoms. The summed E-state index contributed by atoms with van der Waals surface area (Å²) in [5.41, 5.74) is 2.48. The van der Waals surface area contributed by atoms with Gasteiger partial charge in [0.05, 0.1) is 5.41 Å². The molecule has 132 valence electrons. The minimum Gasteiger partial charge on any atom is -0.345 e. The molecule has 4 rings (SSSR count). The Morgan fingerprint density at radius 2 is 2.20 bits per heavy atom. The second-order valence-corrected chi connectivity index (χ2v) is 8.46. The first kappa shape index (κ1) is 16.7. The summed E-state index contributed by atoms with van der Waals surface area (Å²) in [4.78, 5) is 2.12. The fourth-order valence-corrected chi connectivity index (χ4v) is 4.27. The molecule has 0 spiro atoms. The number of rotatable bonds is 9. The molecule has 0 aromatic heterocycles. The molecule has 1 aromatic rings. The van der Waals surface area contributed by atoms with E-state index in [0.29, 0.717) is 18.1 Å². The van der Waals surface area contributed by atoms with Crippen LogP contribution in [0.3, 0.4) is 0 Å². The number of nitrogens with zero attached hydrogens (tertiary/aromatic N) is 1. The number of hydrogen-bond donors (Lipinski definition) is 2. The molecule has 3 aliphatic carbocycles. The normalized spacial score (nSPS) is 29.6. The van der Waals surface area contributed by atoms with Crippen LogP contribution < -0.4 is 9.62 Å². The fraction of sp³-hybridized carbons (Fsp3) is 0.450. The van der Waals surface area contributed by atoms with Crippen LogP contribution in [-0.4, -0.2) is 23.7 Å². The summed E-state index contributed by atoms with van der Waals surface area (Å²) in [5.74, 6) is 0. The topological polar surface area (TPSA) is 39.1 Å². The molecule has 5 heteroatoms. The maximum absolute atomic E-state index is 14.1. The summed E-state index contributed by atoms with van der Waals surface area (Å²) >= 11 is 1.72. The van der Waals surface area contributed by atoms with E-state index in [1.165, 1.54) is 19.1 Å². The van der Waals surface area contributed by atoms with E-state index in [1.54, 1.807) is 11.9 Å². The molecule has 3 aliphatic rings. The van der Waals surface area contributed by atoms with Crippen molar-refractivity contribution in [3.8, 4) is 0 Å². The Balaban J connectivity index is 1.52. The maximum atomic E-state index is 14.1. The molecular formula is C20H24FN3S. The van der Waals surface area contributed by atoms with Gasteiger partial charge in [0.1, 0.15) is 5.67 Å². The molecule has 0 unspecified atom stereocenters. The Hall–Kier alpha value is -1.75. The van der Waals surface area contributed by atoms with Gasteiger partial charge in [0.25, 0.3) is 0 Å². The van der Waals surface area contributed by atoms with Gasteiger partial charge in [-0.1, -0.05) is 18.7 Å². The van der Waals surface area contributed by atoms with Crippen molar-refractivity contribution in [3.05, 3.63) is 48.3 Å². The van der Waals surface area contributed by atoms with E-state index in [0.717, 1.165) is 29.1 Å². The van der Waals surface area contributed by atoms with Crippen LogP contribution in [-0.2, 0) is 0 Å². The van der Waals surface area contributed by atoms with Gasteiger partial charge < -0.3 is 15.0 Å². The highest BCUT2D eigenvalue weighted by molar-refractivity contribution is 7.98. The second-order valence-electron chi connectivity index (χ2n) is 7.32. The number of alkyl halides is 1. The van der Waals surface area contributed by atoms with Crippen molar-refractivity contribution in [3.63, 3.8) is 0 Å². The average Bonchev–Trinajstić information content (AvgIpc) is 3.51. The maximum Gasteiger partial charge on any atom is 0.124 e. The molecule has 0 atom stereocenters. The summed E-state index contributed by atoms with van der Waals surface area (Å²) in [6, 6.07) is 8.10. The molecule has 3 fully saturated rings. The first-order chi connectivity index (χ1) is 12.0. The summed E-state index contributed by atoms with van der Waals surface area (Å²) in [6.45, 7) is 7.04. The van der Waals surface area contributed by atoms with Crippen molar-refractivity contribution in [2.45, 2.75) is 43.5 Å². The molecule has 2 N–H and O–H groups in total. The van der Waals surface area contributed by atoms with Gasteiger partial charge in [-0.3, -0.25) is 0 Å². The Morgan fingerprint density at radius 3 is 2.76 bits per heavy atom. The van der Waals surface area contributed by atoms with Gasteiger partial charge in [0, 0.05) is 41.2 Å². The lowest BCUT2D eigenvalue weighted by atomic mass is 10.1. The number of allylic oxidation sites excluding steroid dienone is 2. The Labute approximate surface area is 153 Å². The van der Waals surface area contributed by atoms with Crippen molar-refractivity contribution in [2.24, 2.45) is 5.41 Å². The van der Waals surface area contributed by atoms with Gasteiger partial charge >= 0.3 is 0 Å². The van der Waals surface area contributed by atoms with Gasteiger partial charge in [-0.2, -0.15) is 0 Å². The van der Waals surface area contributed by atoms with Gasteiger partial charge in [-0.25, -0.2) is 4.39 Å². The quantitative estimate of drug-likeness (QED) is 0.487.